The molecule has 0 atom stereocenters. The lowest BCUT2D eigenvalue weighted by molar-refractivity contribution is 0.331. The van der Waals surface area contributed by atoms with E-state index in [9.17, 15) is 0 Å². The van der Waals surface area contributed by atoms with E-state index in [1.54, 1.807) is 0 Å². The number of fused-ring (bicyclic) bond motifs is 7. The molecule has 0 saturated carbocycles. The van der Waals surface area contributed by atoms with E-state index in [1.165, 1.54) is 137 Å². The molecule has 0 N–H and O–H groups in total. The predicted octanol–water partition coefficient (Wildman–Crippen LogP) is 16.7. The van der Waals surface area contributed by atoms with Gasteiger partial charge in [0, 0.05) is 39.5 Å². The lowest BCUT2D eigenvalue weighted by Crippen LogP contribution is -2.62. The van der Waals surface area contributed by atoms with Crippen LogP contribution in [0.5, 0.6) is 0 Å². The Morgan fingerprint density at radius 3 is 1.46 bits per heavy atom. The van der Waals surface area contributed by atoms with Gasteiger partial charge >= 0.3 is 0 Å². The topological polar surface area (TPSA) is 6.48 Å². The highest BCUT2D eigenvalue weighted by Crippen LogP contribution is 2.57. The summed E-state index contributed by atoms with van der Waals surface area (Å²) in [7, 11) is 0. The second-order valence-electron chi connectivity index (χ2n) is 28.8. The van der Waals surface area contributed by atoms with Gasteiger partial charge in [0.05, 0.1) is 0 Å². The Labute approximate surface area is 430 Å². The average molecular weight is 939 g/mol. The molecule has 2 heterocycles. The Balaban J connectivity index is 1.30. The first-order valence-electron chi connectivity index (χ1n) is 27.4. The van der Waals surface area contributed by atoms with Crippen molar-refractivity contribution in [1.82, 2.24) is 0 Å². The Morgan fingerprint density at radius 1 is 0.408 bits per heavy atom. The van der Waals surface area contributed by atoms with E-state index in [-0.39, 0.29) is 50.0 Å². The lowest BCUT2D eigenvalue weighted by atomic mass is 9.33. The van der Waals surface area contributed by atoms with Gasteiger partial charge < -0.3 is 9.80 Å². The van der Waals surface area contributed by atoms with Crippen molar-refractivity contribution in [3.05, 3.63) is 158 Å². The molecule has 6 aromatic rings. The summed E-state index contributed by atoms with van der Waals surface area (Å²) in [5, 5.41) is 0. The van der Waals surface area contributed by atoms with Gasteiger partial charge in [-0.05, 0) is 198 Å². The molecule has 0 unspecified atom stereocenters. The quantitative estimate of drug-likeness (QED) is 0.162. The largest absolute Gasteiger partial charge is 0.311 e. The molecule has 0 spiro atoms. The van der Waals surface area contributed by atoms with Crippen molar-refractivity contribution < 1.29 is 0 Å². The zero-order valence-corrected chi connectivity index (χ0v) is 47.2. The van der Waals surface area contributed by atoms with Crippen molar-refractivity contribution in [1.29, 1.82) is 0 Å². The number of rotatable bonds is 4. The average Bonchev–Trinajstić information content (AvgIpc) is 3.49. The zero-order chi connectivity index (χ0) is 51.1. The van der Waals surface area contributed by atoms with E-state index in [0.29, 0.717) is 0 Å². The van der Waals surface area contributed by atoms with Crippen LogP contribution in [0.25, 0.3) is 0 Å². The number of hydrogen-bond acceptors (Lipinski definition) is 2. The number of aryl methyl sites for hydroxylation is 1. The third-order valence-electron chi connectivity index (χ3n) is 19.5. The molecular formula is C68H83BN2. The van der Waals surface area contributed by atoms with Crippen LogP contribution in [0.1, 0.15) is 211 Å². The van der Waals surface area contributed by atoms with Crippen LogP contribution in [0.2, 0.25) is 0 Å². The van der Waals surface area contributed by atoms with Crippen LogP contribution in [0.4, 0.5) is 34.1 Å². The van der Waals surface area contributed by atoms with Crippen LogP contribution in [0.15, 0.2) is 97.1 Å². The van der Waals surface area contributed by atoms with Gasteiger partial charge in [0.2, 0.25) is 0 Å². The maximum atomic E-state index is 2.78. The highest BCUT2D eigenvalue weighted by Gasteiger charge is 2.50. The molecule has 11 rings (SSSR count). The van der Waals surface area contributed by atoms with Gasteiger partial charge in [0.25, 0.3) is 6.71 Å². The Hall–Kier alpha value is -5.02. The second-order valence-corrected chi connectivity index (χ2v) is 28.8. The van der Waals surface area contributed by atoms with Crippen molar-refractivity contribution in [2.75, 3.05) is 9.80 Å². The normalized spacial score (nSPS) is 20.4. The summed E-state index contributed by atoms with van der Waals surface area (Å²) in [5.41, 5.74) is 28.2. The highest BCUT2D eigenvalue weighted by atomic mass is 15.2. The van der Waals surface area contributed by atoms with Crippen molar-refractivity contribution >= 4 is 57.2 Å². The monoisotopic (exact) mass is 939 g/mol. The van der Waals surface area contributed by atoms with E-state index in [4.69, 9.17) is 0 Å². The van der Waals surface area contributed by atoms with Crippen molar-refractivity contribution in [3.8, 4) is 0 Å². The summed E-state index contributed by atoms with van der Waals surface area (Å²) in [5.74, 6) is 0. The predicted molar refractivity (Wildman–Crippen MR) is 308 cm³/mol. The molecule has 2 aliphatic heterocycles. The summed E-state index contributed by atoms with van der Waals surface area (Å²) in [6.45, 7) is 46.8. The molecule has 3 aliphatic carbocycles. The van der Waals surface area contributed by atoms with Crippen molar-refractivity contribution in [3.63, 3.8) is 0 Å². The molecular weight excluding hydrogens is 856 g/mol. The minimum atomic E-state index is -0.220. The first-order valence-corrected chi connectivity index (χ1v) is 27.4. The van der Waals surface area contributed by atoms with Gasteiger partial charge in [-0.1, -0.05) is 178 Å². The number of hydrogen-bond donors (Lipinski definition) is 0. The fourth-order valence-corrected chi connectivity index (χ4v) is 15.0. The van der Waals surface area contributed by atoms with Crippen LogP contribution < -0.4 is 26.2 Å². The first-order chi connectivity index (χ1) is 32.9. The Morgan fingerprint density at radius 2 is 0.901 bits per heavy atom. The van der Waals surface area contributed by atoms with Crippen LogP contribution in [0, 0.1) is 13.8 Å². The second kappa shape index (κ2) is 15.0. The van der Waals surface area contributed by atoms with E-state index < -0.39 is 0 Å². The number of benzene rings is 6. The molecule has 0 fully saturated rings. The standard InChI is InChI=1S/C68H83BN2/c1-41-33-47-49(64(10,11)31-29-62(47,6)7)38-54(41)71-56-39-50-48(63(8,9)30-32-65(50,12)13)37-52(56)69-51-27-25-44(68(18,19)43-23-21-20-22-24-43)34-55(51)70(57-35-45(61(3,4)5)36-58(71)60(57)69)53-28-26-46-59(42(53)2)67(16,17)40-66(46,14)15/h20-28,33-39H,29-32,40H2,1-19H3. The molecule has 0 bridgehead atoms. The highest BCUT2D eigenvalue weighted by molar-refractivity contribution is 7.00. The van der Waals surface area contributed by atoms with E-state index in [0.717, 1.165) is 6.42 Å². The molecule has 6 aromatic carbocycles. The summed E-state index contributed by atoms with van der Waals surface area (Å²) in [6.07, 6.45) is 5.88. The lowest BCUT2D eigenvalue weighted by Gasteiger charge is -2.49. The Bertz CT molecular complexity index is 3220. The third kappa shape index (κ3) is 7.07. The van der Waals surface area contributed by atoms with Crippen LogP contribution >= 0.6 is 0 Å². The van der Waals surface area contributed by atoms with Crippen molar-refractivity contribution in [2.24, 2.45) is 0 Å². The van der Waals surface area contributed by atoms with Gasteiger partial charge in [-0.25, -0.2) is 0 Å². The van der Waals surface area contributed by atoms with Gasteiger partial charge in [-0.2, -0.15) is 0 Å². The smallest absolute Gasteiger partial charge is 0.252 e. The maximum Gasteiger partial charge on any atom is 0.252 e. The summed E-state index contributed by atoms with van der Waals surface area (Å²) < 4.78 is 0. The molecule has 368 valence electrons. The molecule has 5 aliphatic rings. The Kier molecular flexibility index (Phi) is 10.2. The first kappa shape index (κ1) is 48.3. The molecule has 0 aromatic heterocycles. The van der Waals surface area contributed by atoms with Crippen LogP contribution in [-0.4, -0.2) is 6.71 Å². The van der Waals surface area contributed by atoms with Gasteiger partial charge in [0.15, 0.2) is 0 Å². The minimum absolute atomic E-state index is 0.0324. The molecule has 0 radical (unpaired) electrons. The summed E-state index contributed by atoms with van der Waals surface area (Å²) in [6, 6.07) is 39.7. The summed E-state index contributed by atoms with van der Waals surface area (Å²) >= 11 is 0. The van der Waals surface area contributed by atoms with E-state index >= 15 is 0 Å². The van der Waals surface area contributed by atoms with Gasteiger partial charge in [0.1, 0.15) is 0 Å². The number of anilines is 6. The van der Waals surface area contributed by atoms with Gasteiger partial charge in [-0.3, -0.25) is 0 Å². The summed E-state index contributed by atoms with van der Waals surface area (Å²) in [4.78, 5) is 5.53. The zero-order valence-electron chi connectivity index (χ0n) is 47.2. The molecule has 0 amide bonds. The number of nitrogens with zero attached hydrogens (tertiary/aromatic N) is 2. The van der Waals surface area contributed by atoms with Crippen LogP contribution in [-0.2, 0) is 43.3 Å². The third-order valence-corrected chi connectivity index (χ3v) is 19.5. The molecule has 2 nitrogen and oxygen atoms in total. The van der Waals surface area contributed by atoms with E-state index in [1.807, 2.05) is 0 Å². The fourth-order valence-electron chi connectivity index (χ4n) is 15.0. The minimum Gasteiger partial charge on any atom is -0.311 e. The molecule has 3 heteroatoms. The van der Waals surface area contributed by atoms with Crippen LogP contribution in [0.3, 0.4) is 0 Å². The maximum absolute atomic E-state index is 2.78. The molecule has 71 heavy (non-hydrogen) atoms. The van der Waals surface area contributed by atoms with Gasteiger partial charge in [-0.15, -0.1) is 0 Å². The molecule has 0 saturated heterocycles. The fraction of sp³-hybridized carbons (Fsp3) is 0.471. The van der Waals surface area contributed by atoms with Crippen molar-refractivity contribution in [2.45, 2.75) is 207 Å². The van der Waals surface area contributed by atoms with E-state index in [2.05, 4.69) is 238 Å². The SMILES string of the molecule is Cc1cc2c(cc1N1c3cc4c(cc3B3c5ccc(C(C)(C)c6ccccc6)cc5N(c5ccc6c(c5C)C(C)(C)CC6(C)C)c5cc(C(C)(C)C)cc1c53)C(C)(C)CCC4(C)C)C(C)(C)CCC2(C)C.